The number of hydrogen-bond donors (Lipinski definition) is 2. The third kappa shape index (κ3) is 2.94. The van der Waals surface area contributed by atoms with E-state index in [-0.39, 0.29) is 5.69 Å². The van der Waals surface area contributed by atoms with Gasteiger partial charge in [-0.05, 0) is 12.1 Å². The quantitative estimate of drug-likeness (QED) is 0.330. The maximum atomic E-state index is 11.2. The van der Waals surface area contributed by atoms with E-state index in [1.165, 1.54) is 12.1 Å². The second-order valence-electron chi connectivity index (χ2n) is 6.60. The zero-order valence-corrected chi connectivity index (χ0v) is 15.2. The molecule has 140 valence electrons. The van der Waals surface area contributed by atoms with Gasteiger partial charge >= 0.3 is 0 Å². The molecule has 5 aromatic rings. The molecule has 0 saturated heterocycles. The molecule has 0 aliphatic rings. The molecule has 0 radical (unpaired) electrons. The van der Waals surface area contributed by atoms with Crippen molar-refractivity contribution in [2.75, 3.05) is 0 Å². The molecule has 0 spiro atoms. The fraction of sp³-hybridized carbons (Fsp3) is 0. The maximum Gasteiger partial charge on any atom is 0.270 e. The molecule has 7 nitrogen and oxygen atoms in total. The molecule has 2 aromatic heterocycles. The fourth-order valence-corrected chi connectivity index (χ4v) is 3.43. The van der Waals surface area contributed by atoms with E-state index in [1.807, 2.05) is 60.7 Å². The van der Waals surface area contributed by atoms with Crippen molar-refractivity contribution in [2.24, 2.45) is 0 Å². The minimum Gasteiger partial charge on any atom is -0.338 e. The number of nitrogens with one attached hydrogen (secondary N) is 2. The molecule has 0 fully saturated rings. The number of benzene rings is 3. The van der Waals surface area contributed by atoms with E-state index in [4.69, 9.17) is 4.98 Å². The average molecular weight is 381 g/mol. The summed E-state index contributed by atoms with van der Waals surface area (Å²) >= 11 is 0. The van der Waals surface area contributed by atoms with E-state index in [1.54, 1.807) is 6.07 Å². The van der Waals surface area contributed by atoms with Crippen LogP contribution in [0.3, 0.4) is 0 Å². The van der Waals surface area contributed by atoms with Crippen molar-refractivity contribution < 1.29 is 4.92 Å². The molecule has 0 unspecified atom stereocenters. The van der Waals surface area contributed by atoms with Gasteiger partial charge in [-0.15, -0.1) is 0 Å². The smallest absolute Gasteiger partial charge is 0.270 e. The van der Waals surface area contributed by atoms with E-state index in [0.29, 0.717) is 17.1 Å². The van der Waals surface area contributed by atoms with E-state index < -0.39 is 4.92 Å². The van der Waals surface area contributed by atoms with Crippen LogP contribution in [-0.4, -0.2) is 25.1 Å². The zero-order chi connectivity index (χ0) is 19.8. The highest BCUT2D eigenvalue weighted by Gasteiger charge is 2.22. The summed E-state index contributed by atoms with van der Waals surface area (Å²) in [5, 5.41) is 18.8. The van der Waals surface area contributed by atoms with Crippen LogP contribution in [0.2, 0.25) is 0 Å². The third-order valence-corrected chi connectivity index (χ3v) is 4.79. The van der Waals surface area contributed by atoms with Crippen molar-refractivity contribution in [2.45, 2.75) is 0 Å². The summed E-state index contributed by atoms with van der Waals surface area (Å²) in [6.45, 7) is 0. The van der Waals surface area contributed by atoms with Gasteiger partial charge in [-0.3, -0.25) is 15.2 Å². The number of aromatic nitrogens is 4. The number of non-ortho nitro benzene ring substituents is 1. The number of nitro groups is 1. The highest BCUT2D eigenvalue weighted by Crippen LogP contribution is 2.38. The van der Waals surface area contributed by atoms with Crippen LogP contribution in [-0.2, 0) is 0 Å². The number of H-pyrrole nitrogens is 2. The number of para-hydroxylation sites is 2. The summed E-state index contributed by atoms with van der Waals surface area (Å²) in [4.78, 5) is 18.9. The summed E-state index contributed by atoms with van der Waals surface area (Å²) in [5.41, 5.74) is 5.54. The molecule has 0 bridgehead atoms. The first kappa shape index (κ1) is 16.9. The molecule has 3 aromatic carbocycles. The third-order valence-electron chi connectivity index (χ3n) is 4.79. The molecule has 0 atom stereocenters. The lowest BCUT2D eigenvalue weighted by molar-refractivity contribution is -0.384. The van der Waals surface area contributed by atoms with Crippen LogP contribution >= 0.6 is 0 Å². The molecule has 0 aliphatic heterocycles. The Bertz CT molecular complexity index is 1300. The van der Waals surface area contributed by atoms with Gasteiger partial charge in [0.2, 0.25) is 0 Å². The van der Waals surface area contributed by atoms with Gasteiger partial charge in [0.05, 0.1) is 27.2 Å². The van der Waals surface area contributed by atoms with Crippen LogP contribution in [0.4, 0.5) is 5.69 Å². The highest BCUT2D eigenvalue weighted by atomic mass is 16.6. The van der Waals surface area contributed by atoms with Crippen molar-refractivity contribution >= 4 is 16.7 Å². The molecule has 7 heteroatoms. The predicted molar refractivity (Wildman–Crippen MR) is 111 cm³/mol. The Morgan fingerprint density at radius 1 is 0.862 bits per heavy atom. The number of aromatic amines is 2. The van der Waals surface area contributed by atoms with Crippen LogP contribution in [0.5, 0.6) is 0 Å². The number of fused-ring (bicyclic) bond motifs is 1. The minimum absolute atomic E-state index is 0.0160. The van der Waals surface area contributed by atoms with E-state index >= 15 is 0 Å². The van der Waals surface area contributed by atoms with Gasteiger partial charge in [-0.1, -0.05) is 54.6 Å². The zero-order valence-electron chi connectivity index (χ0n) is 15.2. The molecular weight excluding hydrogens is 366 g/mol. The SMILES string of the molecule is O=[N+]([O-])c1cccc(-c2n[nH]c(-c3ccccc3)c2-c2nc3ccccc3[nH]2)c1. The Labute approximate surface area is 165 Å². The van der Waals surface area contributed by atoms with Crippen molar-refractivity contribution in [3.05, 3.63) is 89.0 Å². The van der Waals surface area contributed by atoms with Gasteiger partial charge in [0.25, 0.3) is 5.69 Å². The van der Waals surface area contributed by atoms with Gasteiger partial charge in [-0.25, -0.2) is 4.98 Å². The number of rotatable bonds is 4. The van der Waals surface area contributed by atoms with Crippen molar-refractivity contribution in [3.63, 3.8) is 0 Å². The van der Waals surface area contributed by atoms with Crippen molar-refractivity contribution in [1.29, 1.82) is 0 Å². The summed E-state index contributed by atoms with van der Waals surface area (Å²) in [6, 6.07) is 24.0. The monoisotopic (exact) mass is 381 g/mol. The normalized spacial score (nSPS) is 11.0. The average Bonchev–Trinajstić information content (AvgIpc) is 3.38. The largest absolute Gasteiger partial charge is 0.338 e. The Morgan fingerprint density at radius 2 is 1.62 bits per heavy atom. The number of nitrogens with zero attached hydrogens (tertiary/aromatic N) is 3. The molecular formula is C22H15N5O2. The Hall–Kier alpha value is -4.26. The first-order chi connectivity index (χ1) is 14.2. The van der Waals surface area contributed by atoms with E-state index in [2.05, 4.69) is 15.2 Å². The van der Waals surface area contributed by atoms with Crippen molar-refractivity contribution in [1.82, 2.24) is 20.2 Å². The Morgan fingerprint density at radius 3 is 2.41 bits per heavy atom. The number of imidazole rings is 1. The standard InChI is InChI=1S/C22H15N5O2/c28-27(29)16-10-6-9-15(13-16)21-19(20(25-26-21)14-7-2-1-3-8-14)22-23-17-11-4-5-12-18(17)24-22/h1-13H,(H,23,24)(H,25,26). The van der Waals surface area contributed by atoms with Crippen molar-refractivity contribution in [3.8, 4) is 33.9 Å². The molecule has 5 rings (SSSR count). The highest BCUT2D eigenvalue weighted by molar-refractivity contribution is 5.92. The molecule has 0 saturated carbocycles. The first-order valence-corrected chi connectivity index (χ1v) is 9.04. The molecule has 2 N–H and O–H groups in total. The van der Waals surface area contributed by atoms with Gasteiger partial charge in [-0.2, -0.15) is 5.10 Å². The maximum absolute atomic E-state index is 11.2. The predicted octanol–water partition coefficient (Wildman–Crippen LogP) is 5.20. The lowest BCUT2D eigenvalue weighted by Gasteiger charge is -2.04. The molecule has 2 heterocycles. The Balaban J connectivity index is 1.77. The van der Waals surface area contributed by atoms with Crippen LogP contribution in [0.1, 0.15) is 0 Å². The summed E-state index contributed by atoms with van der Waals surface area (Å²) in [5.74, 6) is 0.653. The molecule has 0 aliphatic carbocycles. The summed E-state index contributed by atoms with van der Waals surface area (Å²) in [7, 11) is 0. The number of nitro benzene ring substituents is 1. The van der Waals surface area contributed by atoms with Crippen LogP contribution in [0, 0.1) is 10.1 Å². The second-order valence-corrected chi connectivity index (χ2v) is 6.60. The fourth-order valence-electron chi connectivity index (χ4n) is 3.43. The summed E-state index contributed by atoms with van der Waals surface area (Å²) < 4.78 is 0. The van der Waals surface area contributed by atoms with E-state index in [9.17, 15) is 10.1 Å². The van der Waals surface area contributed by atoms with Gasteiger partial charge in [0.15, 0.2) is 0 Å². The molecule has 0 amide bonds. The first-order valence-electron chi connectivity index (χ1n) is 9.04. The summed E-state index contributed by atoms with van der Waals surface area (Å²) in [6.07, 6.45) is 0. The van der Waals surface area contributed by atoms with Gasteiger partial charge < -0.3 is 4.98 Å². The number of hydrogen-bond acceptors (Lipinski definition) is 4. The van der Waals surface area contributed by atoms with Gasteiger partial charge in [0.1, 0.15) is 11.5 Å². The van der Waals surface area contributed by atoms with Crippen LogP contribution in [0.15, 0.2) is 78.9 Å². The minimum atomic E-state index is -0.408. The van der Waals surface area contributed by atoms with Gasteiger partial charge in [0, 0.05) is 23.3 Å². The second kappa shape index (κ2) is 6.72. The molecule has 29 heavy (non-hydrogen) atoms. The topological polar surface area (TPSA) is 100 Å². The van der Waals surface area contributed by atoms with Crippen LogP contribution in [0.25, 0.3) is 44.9 Å². The van der Waals surface area contributed by atoms with E-state index in [0.717, 1.165) is 27.9 Å². The van der Waals surface area contributed by atoms with Crippen LogP contribution < -0.4 is 0 Å². The lowest BCUT2D eigenvalue weighted by Crippen LogP contribution is -1.90. The Kier molecular flexibility index (Phi) is 3.91. The lowest BCUT2D eigenvalue weighted by atomic mass is 10.0.